The van der Waals surface area contributed by atoms with Gasteiger partial charge in [-0.3, -0.25) is 9.48 Å². The summed E-state index contributed by atoms with van der Waals surface area (Å²) < 4.78 is 20.5. The second-order valence-corrected chi connectivity index (χ2v) is 4.98. The van der Waals surface area contributed by atoms with Crippen LogP contribution in [-0.4, -0.2) is 28.8 Å². The number of carbonyl (C=O) groups excluding carboxylic acids is 1. The molecule has 4 nitrogen and oxygen atoms in total. The Kier molecular flexibility index (Phi) is 3.06. The summed E-state index contributed by atoms with van der Waals surface area (Å²) in [5, 5.41) is 5.05. The first kappa shape index (κ1) is 12.3. The number of hydrogen-bond acceptors (Lipinski definition) is 3. The fourth-order valence-corrected chi connectivity index (χ4v) is 2.52. The standard InChI is InChI=1S/C14H15FN2O2/c1-9(18)14-12-3-2-11(15)6-13(12)17(16-14)7-10-4-5-19-8-10/h2-3,6,10H,4-5,7-8H2,1H3. The molecule has 1 aliphatic heterocycles. The molecule has 0 amide bonds. The van der Waals surface area contributed by atoms with Crippen LogP contribution in [0.4, 0.5) is 4.39 Å². The molecule has 1 saturated heterocycles. The first-order valence-electron chi connectivity index (χ1n) is 6.40. The zero-order chi connectivity index (χ0) is 13.4. The van der Waals surface area contributed by atoms with Crippen molar-refractivity contribution in [2.45, 2.75) is 19.9 Å². The molecule has 100 valence electrons. The normalized spacial score (nSPS) is 19.2. The van der Waals surface area contributed by atoms with Gasteiger partial charge in [-0.25, -0.2) is 4.39 Å². The molecule has 1 atom stereocenters. The molecule has 19 heavy (non-hydrogen) atoms. The summed E-state index contributed by atoms with van der Waals surface area (Å²) in [7, 11) is 0. The lowest BCUT2D eigenvalue weighted by Gasteiger charge is -2.08. The lowest BCUT2D eigenvalue weighted by Crippen LogP contribution is -2.12. The molecule has 5 heteroatoms. The van der Waals surface area contributed by atoms with Crippen LogP contribution in [0.3, 0.4) is 0 Å². The highest BCUT2D eigenvalue weighted by Gasteiger charge is 2.20. The number of halogens is 1. The zero-order valence-electron chi connectivity index (χ0n) is 10.7. The molecule has 1 aliphatic rings. The van der Waals surface area contributed by atoms with Gasteiger partial charge in [-0.2, -0.15) is 5.10 Å². The highest BCUT2D eigenvalue weighted by molar-refractivity contribution is 6.04. The summed E-state index contributed by atoms with van der Waals surface area (Å²) in [5.74, 6) is -0.0318. The van der Waals surface area contributed by atoms with Crippen LogP contribution in [0, 0.1) is 11.7 Å². The van der Waals surface area contributed by atoms with E-state index < -0.39 is 0 Å². The summed E-state index contributed by atoms with van der Waals surface area (Å²) in [6, 6.07) is 4.42. The number of rotatable bonds is 3. The zero-order valence-corrected chi connectivity index (χ0v) is 10.7. The Bertz CT molecular complexity index is 630. The van der Waals surface area contributed by atoms with E-state index in [9.17, 15) is 9.18 Å². The lowest BCUT2D eigenvalue weighted by molar-refractivity contribution is 0.101. The fourth-order valence-electron chi connectivity index (χ4n) is 2.52. The molecule has 0 bridgehead atoms. The third kappa shape index (κ3) is 2.26. The van der Waals surface area contributed by atoms with Crippen molar-refractivity contribution in [3.63, 3.8) is 0 Å². The van der Waals surface area contributed by atoms with Gasteiger partial charge in [-0.15, -0.1) is 0 Å². The minimum Gasteiger partial charge on any atom is -0.381 e. The van der Waals surface area contributed by atoms with E-state index in [0.717, 1.165) is 13.0 Å². The van der Waals surface area contributed by atoms with Crippen LogP contribution in [0.15, 0.2) is 18.2 Å². The number of benzene rings is 1. The molecule has 1 aromatic heterocycles. The third-order valence-corrected chi connectivity index (χ3v) is 3.50. The van der Waals surface area contributed by atoms with Crippen molar-refractivity contribution in [2.24, 2.45) is 5.92 Å². The van der Waals surface area contributed by atoms with E-state index in [-0.39, 0.29) is 11.6 Å². The van der Waals surface area contributed by atoms with Gasteiger partial charge in [-0.05, 0) is 24.6 Å². The summed E-state index contributed by atoms with van der Waals surface area (Å²) in [4.78, 5) is 11.6. The number of hydrogen-bond donors (Lipinski definition) is 0. The van der Waals surface area contributed by atoms with Gasteiger partial charge >= 0.3 is 0 Å². The van der Waals surface area contributed by atoms with Crippen LogP contribution in [-0.2, 0) is 11.3 Å². The van der Waals surface area contributed by atoms with E-state index in [1.807, 2.05) is 0 Å². The maximum absolute atomic E-state index is 13.4. The van der Waals surface area contributed by atoms with Crippen molar-refractivity contribution in [1.82, 2.24) is 9.78 Å². The van der Waals surface area contributed by atoms with E-state index in [0.29, 0.717) is 35.7 Å². The number of ether oxygens (including phenoxy) is 1. The van der Waals surface area contributed by atoms with Gasteiger partial charge in [0.1, 0.15) is 11.5 Å². The number of Topliss-reactive ketones (excluding diaryl/α,β-unsaturated/α-hetero) is 1. The monoisotopic (exact) mass is 262 g/mol. The summed E-state index contributed by atoms with van der Waals surface area (Å²) in [6.07, 6.45) is 0.978. The van der Waals surface area contributed by atoms with Gasteiger partial charge in [0, 0.05) is 31.4 Å². The minimum absolute atomic E-state index is 0.0990. The van der Waals surface area contributed by atoms with E-state index in [4.69, 9.17) is 4.74 Å². The molecule has 1 unspecified atom stereocenters. The fraction of sp³-hybridized carbons (Fsp3) is 0.429. The van der Waals surface area contributed by atoms with Crippen LogP contribution >= 0.6 is 0 Å². The Morgan fingerprint density at radius 1 is 1.58 bits per heavy atom. The number of nitrogens with zero attached hydrogens (tertiary/aromatic N) is 2. The van der Waals surface area contributed by atoms with E-state index in [2.05, 4.69) is 5.10 Å². The Morgan fingerprint density at radius 3 is 3.11 bits per heavy atom. The molecule has 0 saturated carbocycles. The molecule has 2 heterocycles. The predicted octanol–water partition coefficient (Wildman–Crippen LogP) is 2.41. The van der Waals surface area contributed by atoms with Crippen LogP contribution < -0.4 is 0 Å². The molecule has 2 aromatic rings. The van der Waals surface area contributed by atoms with E-state index in [1.54, 1.807) is 10.7 Å². The van der Waals surface area contributed by atoms with Crippen molar-refractivity contribution in [3.8, 4) is 0 Å². The van der Waals surface area contributed by atoms with Gasteiger partial charge in [-0.1, -0.05) is 0 Å². The van der Waals surface area contributed by atoms with Crippen LogP contribution in [0.25, 0.3) is 10.9 Å². The molecule has 0 N–H and O–H groups in total. The summed E-state index contributed by atoms with van der Waals surface area (Å²) >= 11 is 0. The minimum atomic E-state index is -0.313. The first-order valence-corrected chi connectivity index (χ1v) is 6.40. The average molecular weight is 262 g/mol. The molecule has 3 rings (SSSR count). The molecule has 0 spiro atoms. The number of aromatic nitrogens is 2. The number of fused-ring (bicyclic) bond motifs is 1. The average Bonchev–Trinajstić information content (AvgIpc) is 2.98. The second-order valence-electron chi connectivity index (χ2n) is 4.98. The Morgan fingerprint density at radius 2 is 2.42 bits per heavy atom. The molecule has 1 aromatic carbocycles. The van der Waals surface area contributed by atoms with Crippen LogP contribution in [0.1, 0.15) is 23.8 Å². The quantitative estimate of drug-likeness (QED) is 0.798. The van der Waals surface area contributed by atoms with Crippen molar-refractivity contribution in [3.05, 3.63) is 29.7 Å². The van der Waals surface area contributed by atoms with Crippen molar-refractivity contribution in [2.75, 3.05) is 13.2 Å². The van der Waals surface area contributed by atoms with Gasteiger partial charge in [0.15, 0.2) is 5.78 Å². The smallest absolute Gasteiger partial charge is 0.180 e. The SMILES string of the molecule is CC(=O)c1nn(CC2CCOC2)c2cc(F)ccc12. The molecule has 0 aliphatic carbocycles. The van der Waals surface area contributed by atoms with Gasteiger partial charge in [0.25, 0.3) is 0 Å². The van der Waals surface area contributed by atoms with Gasteiger partial charge in [0.2, 0.25) is 0 Å². The largest absolute Gasteiger partial charge is 0.381 e. The highest BCUT2D eigenvalue weighted by atomic mass is 19.1. The third-order valence-electron chi connectivity index (χ3n) is 3.50. The predicted molar refractivity (Wildman–Crippen MR) is 68.6 cm³/mol. The van der Waals surface area contributed by atoms with Gasteiger partial charge < -0.3 is 4.74 Å². The molecular weight excluding hydrogens is 247 g/mol. The highest BCUT2D eigenvalue weighted by Crippen LogP contribution is 2.23. The summed E-state index contributed by atoms with van der Waals surface area (Å²) in [5.41, 5.74) is 1.09. The Balaban J connectivity index is 2.06. The molecule has 0 radical (unpaired) electrons. The Labute approximate surface area is 110 Å². The summed E-state index contributed by atoms with van der Waals surface area (Å²) in [6.45, 7) is 3.60. The molecule has 1 fully saturated rings. The number of ketones is 1. The van der Waals surface area contributed by atoms with E-state index >= 15 is 0 Å². The molecular formula is C14H15FN2O2. The van der Waals surface area contributed by atoms with Crippen molar-refractivity contribution < 1.29 is 13.9 Å². The first-order chi connectivity index (χ1) is 9.15. The lowest BCUT2D eigenvalue weighted by atomic mass is 10.1. The maximum atomic E-state index is 13.4. The second kappa shape index (κ2) is 4.74. The van der Waals surface area contributed by atoms with Crippen molar-refractivity contribution in [1.29, 1.82) is 0 Å². The topological polar surface area (TPSA) is 44.1 Å². The van der Waals surface area contributed by atoms with Gasteiger partial charge in [0.05, 0.1) is 12.1 Å². The van der Waals surface area contributed by atoms with Crippen LogP contribution in [0.2, 0.25) is 0 Å². The Hall–Kier alpha value is -1.75. The van der Waals surface area contributed by atoms with Crippen LogP contribution in [0.5, 0.6) is 0 Å². The van der Waals surface area contributed by atoms with E-state index in [1.165, 1.54) is 19.1 Å². The number of carbonyl (C=O) groups is 1. The van der Waals surface area contributed by atoms with Crippen molar-refractivity contribution >= 4 is 16.7 Å². The maximum Gasteiger partial charge on any atom is 0.180 e.